The van der Waals surface area contributed by atoms with Crippen LogP contribution in [0.5, 0.6) is 0 Å². The van der Waals surface area contributed by atoms with E-state index in [0.717, 1.165) is 11.1 Å². The molecule has 122 valence electrons. The predicted octanol–water partition coefficient (Wildman–Crippen LogP) is 3.36. The van der Waals surface area contributed by atoms with Gasteiger partial charge in [-0.05, 0) is 38.0 Å². The number of amides is 1. The molecule has 0 aliphatic carbocycles. The Balaban J connectivity index is 2.48. The summed E-state index contributed by atoms with van der Waals surface area (Å²) in [5.74, 6) is -0.0237. The number of rotatable bonds is 6. The van der Waals surface area contributed by atoms with Crippen LogP contribution in [0.15, 0.2) is 48.8 Å². The Hall–Kier alpha value is -2.20. The number of benzene rings is 1. The van der Waals surface area contributed by atoms with Gasteiger partial charge in [-0.15, -0.1) is 0 Å². The molecule has 0 radical (unpaired) electrons. The lowest BCUT2D eigenvalue weighted by Gasteiger charge is -2.33. The van der Waals surface area contributed by atoms with Gasteiger partial charge in [0.15, 0.2) is 0 Å². The van der Waals surface area contributed by atoms with E-state index in [1.165, 1.54) is 5.56 Å². The number of nitrogens with zero attached hydrogens (tertiary/aromatic N) is 2. The quantitative estimate of drug-likeness (QED) is 0.821. The minimum absolute atomic E-state index is 0.0237. The summed E-state index contributed by atoms with van der Waals surface area (Å²) >= 11 is 0. The minimum atomic E-state index is -0.473. The first-order valence-electron chi connectivity index (χ1n) is 7.88. The average Bonchev–Trinajstić information content (AvgIpc) is 2.60. The van der Waals surface area contributed by atoms with Crippen LogP contribution >= 0.6 is 0 Å². The van der Waals surface area contributed by atoms with E-state index in [4.69, 9.17) is 4.74 Å². The van der Waals surface area contributed by atoms with Crippen LogP contribution in [-0.2, 0) is 9.53 Å². The number of pyridine rings is 1. The third-order valence-electron chi connectivity index (χ3n) is 4.03. The number of ether oxygens (including phenoxy) is 1. The van der Waals surface area contributed by atoms with Crippen molar-refractivity contribution in [1.29, 1.82) is 0 Å². The van der Waals surface area contributed by atoms with Gasteiger partial charge in [0.1, 0.15) is 6.10 Å². The molecule has 0 bridgehead atoms. The van der Waals surface area contributed by atoms with Crippen LogP contribution in [0.25, 0.3) is 0 Å². The molecule has 1 aromatic carbocycles. The van der Waals surface area contributed by atoms with Gasteiger partial charge in [-0.25, -0.2) is 0 Å². The summed E-state index contributed by atoms with van der Waals surface area (Å²) in [6, 6.07) is 12.0. The van der Waals surface area contributed by atoms with Gasteiger partial charge in [-0.3, -0.25) is 9.78 Å². The average molecular weight is 312 g/mol. The molecule has 0 aliphatic heterocycles. The van der Waals surface area contributed by atoms with Crippen molar-refractivity contribution in [2.45, 2.75) is 32.9 Å². The topological polar surface area (TPSA) is 42.4 Å². The highest BCUT2D eigenvalue weighted by atomic mass is 16.5. The maximum atomic E-state index is 12.7. The van der Waals surface area contributed by atoms with Crippen LogP contribution in [0, 0.1) is 6.92 Å². The molecule has 4 nitrogen and oxygen atoms in total. The second-order valence-electron chi connectivity index (χ2n) is 5.60. The molecule has 0 saturated carbocycles. The minimum Gasteiger partial charge on any atom is -0.372 e. The number of carbonyl (C=O) groups is 1. The fraction of sp³-hybridized carbons (Fsp3) is 0.368. The molecule has 0 spiro atoms. The first-order valence-corrected chi connectivity index (χ1v) is 7.88. The number of methoxy groups -OCH3 is 1. The zero-order valence-corrected chi connectivity index (χ0v) is 14.2. The summed E-state index contributed by atoms with van der Waals surface area (Å²) < 4.78 is 5.23. The number of likely N-dealkylation sites (N-methyl/N-ethyl adjacent to an activating group) is 1. The molecule has 0 unspecified atom stereocenters. The van der Waals surface area contributed by atoms with E-state index in [2.05, 4.69) is 36.2 Å². The van der Waals surface area contributed by atoms with E-state index in [1.54, 1.807) is 20.2 Å². The maximum absolute atomic E-state index is 12.7. The summed E-state index contributed by atoms with van der Waals surface area (Å²) in [6.07, 6.45) is 3.09. The molecule has 4 heteroatoms. The van der Waals surface area contributed by atoms with Crippen molar-refractivity contribution in [1.82, 2.24) is 9.88 Å². The van der Waals surface area contributed by atoms with Gasteiger partial charge in [0.25, 0.3) is 5.91 Å². The molecular formula is C19H24N2O2. The molecule has 1 amide bonds. The summed E-state index contributed by atoms with van der Waals surface area (Å²) in [5, 5.41) is 0. The highest BCUT2D eigenvalue weighted by molar-refractivity contribution is 5.81. The third-order valence-corrected chi connectivity index (χ3v) is 4.03. The number of aromatic nitrogens is 1. The SMILES string of the molecule is CCN(C(=O)[C@@H](C)OC)[C@H](c1ccc(C)cc1)c1cccnc1. The molecule has 2 atom stereocenters. The van der Waals surface area contributed by atoms with Gasteiger partial charge in [-0.2, -0.15) is 0 Å². The largest absolute Gasteiger partial charge is 0.372 e. The molecule has 23 heavy (non-hydrogen) atoms. The van der Waals surface area contributed by atoms with Crippen LogP contribution in [0.3, 0.4) is 0 Å². The first kappa shape index (κ1) is 17.2. The van der Waals surface area contributed by atoms with Crippen LogP contribution in [-0.4, -0.2) is 35.5 Å². The zero-order chi connectivity index (χ0) is 16.8. The predicted molar refractivity (Wildman–Crippen MR) is 91.1 cm³/mol. The normalized spacial score (nSPS) is 13.4. The van der Waals surface area contributed by atoms with Crippen LogP contribution in [0.4, 0.5) is 0 Å². The molecule has 2 rings (SSSR count). The smallest absolute Gasteiger partial charge is 0.252 e. The van der Waals surface area contributed by atoms with Crippen LogP contribution in [0.2, 0.25) is 0 Å². The number of hydrogen-bond donors (Lipinski definition) is 0. The molecular weight excluding hydrogens is 288 g/mol. The molecule has 0 N–H and O–H groups in total. The zero-order valence-electron chi connectivity index (χ0n) is 14.2. The fourth-order valence-corrected chi connectivity index (χ4v) is 2.64. The molecule has 1 heterocycles. The van der Waals surface area contributed by atoms with Crippen molar-refractivity contribution in [3.8, 4) is 0 Å². The Kier molecular flexibility index (Phi) is 5.88. The van der Waals surface area contributed by atoms with Crippen molar-refractivity contribution < 1.29 is 9.53 Å². The summed E-state index contributed by atoms with van der Waals surface area (Å²) in [4.78, 5) is 18.8. The Bertz CT molecular complexity index is 626. The van der Waals surface area contributed by atoms with Gasteiger partial charge >= 0.3 is 0 Å². The third kappa shape index (κ3) is 3.96. The standard InChI is InChI=1S/C19H24N2O2/c1-5-21(19(22)15(3)23-4)18(17-7-6-12-20-13-17)16-10-8-14(2)9-11-16/h6-13,15,18H,5H2,1-4H3/t15-,18-/m1/s1. The van der Waals surface area contributed by atoms with Crippen LogP contribution in [0.1, 0.15) is 36.6 Å². The Labute approximate surface area is 138 Å². The van der Waals surface area contributed by atoms with Crippen LogP contribution < -0.4 is 0 Å². The summed E-state index contributed by atoms with van der Waals surface area (Å²) in [6.45, 7) is 6.41. The van der Waals surface area contributed by atoms with Crippen molar-refractivity contribution in [3.63, 3.8) is 0 Å². The summed E-state index contributed by atoms with van der Waals surface area (Å²) in [5.41, 5.74) is 3.26. The monoisotopic (exact) mass is 312 g/mol. The van der Waals surface area contributed by atoms with Gasteiger partial charge in [-0.1, -0.05) is 35.9 Å². The molecule has 0 fully saturated rings. The molecule has 0 saturated heterocycles. The van der Waals surface area contributed by atoms with Gasteiger partial charge in [0.05, 0.1) is 6.04 Å². The maximum Gasteiger partial charge on any atom is 0.252 e. The second-order valence-corrected chi connectivity index (χ2v) is 5.60. The summed E-state index contributed by atoms with van der Waals surface area (Å²) in [7, 11) is 1.56. The molecule has 1 aromatic heterocycles. The highest BCUT2D eigenvalue weighted by Gasteiger charge is 2.28. The van der Waals surface area contributed by atoms with E-state index < -0.39 is 6.10 Å². The lowest BCUT2D eigenvalue weighted by molar-refractivity contribution is -0.142. The van der Waals surface area contributed by atoms with Gasteiger partial charge < -0.3 is 9.64 Å². The second kappa shape index (κ2) is 7.88. The van der Waals surface area contributed by atoms with E-state index in [-0.39, 0.29) is 11.9 Å². The van der Waals surface area contributed by atoms with Crippen molar-refractivity contribution in [2.75, 3.05) is 13.7 Å². The first-order chi connectivity index (χ1) is 11.1. The Morgan fingerprint density at radius 1 is 1.22 bits per heavy atom. The molecule has 0 aliphatic rings. The fourth-order valence-electron chi connectivity index (χ4n) is 2.64. The Morgan fingerprint density at radius 2 is 1.91 bits per heavy atom. The van der Waals surface area contributed by atoms with Gasteiger partial charge in [0, 0.05) is 26.0 Å². The number of hydrogen-bond acceptors (Lipinski definition) is 3. The van der Waals surface area contributed by atoms with E-state index in [0.29, 0.717) is 6.54 Å². The number of carbonyl (C=O) groups excluding carboxylic acids is 1. The Morgan fingerprint density at radius 3 is 2.43 bits per heavy atom. The number of aryl methyl sites for hydroxylation is 1. The van der Waals surface area contributed by atoms with Crippen molar-refractivity contribution in [3.05, 3.63) is 65.5 Å². The van der Waals surface area contributed by atoms with E-state index >= 15 is 0 Å². The lowest BCUT2D eigenvalue weighted by atomic mass is 9.97. The molecule has 2 aromatic rings. The lowest BCUT2D eigenvalue weighted by Crippen LogP contribution is -2.41. The van der Waals surface area contributed by atoms with Crippen molar-refractivity contribution >= 4 is 5.91 Å². The van der Waals surface area contributed by atoms with E-state index in [9.17, 15) is 4.79 Å². The van der Waals surface area contributed by atoms with Crippen molar-refractivity contribution in [2.24, 2.45) is 0 Å². The highest BCUT2D eigenvalue weighted by Crippen LogP contribution is 2.29. The van der Waals surface area contributed by atoms with Gasteiger partial charge in [0.2, 0.25) is 0 Å². The van der Waals surface area contributed by atoms with E-state index in [1.807, 2.05) is 30.2 Å².